The van der Waals surface area contributed by atoms with E-state index in [1.54, 1.807) is 12.1 Å². The molecule has 2 aromatic rings. The predicted molar refractivity (Wildman–Crippen MR) is 103 cm³/mol. The zero-order valence-corrected chi connectivity index (χ0v) is 15.5. The highest BCUT2D eigenvalue weighted by Crippen LogP contribution is 2.44. The van der Waals surface area contributed by atoms with Crippen molar-refractivity contribution in [3.8, 4) is 0 Å². The number of Topliss-reactive ketones (excluding diaryl/α,β-unsaturated/α-hetero) is 1. The SMILES string of the molecule is Cc1ccc2c(c1)NC(c1c(F)cccc1Cl)C1=C(CC(C)CC1=O)N2. The van der Waals surface area contributed by atoms with Gasteiger partial charge in [-0.3, -0.25) is 4.79 Å². The molecule has 2 aliphatic rings. The van der Waals surface area contributed by atoms with Crippen LogP contribution in [0.3, 0.4) is 0 Å². The highest BCUT2D eigenvalue weighted by Gasteiger charge is 2.36. The number of aryl methyl sites for hydroxylation is 1. The standard InChI is InChI=1S/C21H20ClFN2O/c1-11-6-7-15-16(8-11)25-21(19-13(22)4-3-5-14(19)23)20-17(24-15)9-12(2)10-18(20)26/h3-8,12,21,24-25H,9-10H2,1-2H3. The number of carbonyl (C=O) groups excluding carboxylic acids is 1. The van der Waals surface area contributed by atoms with E-state index in [9.17, 15) is 9.18 Å². The second kappa shape index (κ2) is 6.44. The number of benzene rings is 2. The van der Waals surface area contributed by atoms with Crippen molar-refractivity contribution >= 4 is 28.8 Å². The molecule has 2 N–H and O–H groups in total. The van der Waals surface area contributed by atoms with E-state index in [2.05, 4.69) is 17.6 Å². The number of ketones is 1. The third kappa shape index (κ3) is 2.88. The minimum absolute atomic E-state index is 0.0348. The Morgan fingerprint density at radius 3 is 2.73 bits per heavy atom. The molecular formula is C21H20ClFN2O. The fraction of sp³-hybridized carbons (Fsp3) is 0.286. The summed E-state index contributed by atoms with van der Waals surface area (Å²) < 4.78 is 14.7. The Morgan fingerprint density at radius 2 is 1.96 bits per heavy atom. The van der Waals surface area contributed by atoms with Crippen LogP contribution in [0, 0.1) is 18.7 Å². The van der Waals surface area contributed by atoms with Crippen molar-refractivity contribution in [1.82, 2.24) is 0 Å². The molecule has 4 rings (SSSR count). The Morgan fingerprint density at radius 1 is 1.15 bits per heavy atom. The summed E-state index contributed by atoms with van der Waals surface area (Å²) in [5, 5.41) is 7.11. The number of fused-ring (bicyclic) bond motifs is 1. The maximum Gasteiger partial charge on any atom is 0.163 e. The van der Waals surface area contributed by atoms with Crippen molar-refractivity contribution in [3.05, 3.63) is 69.6 Å². The first-order chi connectivity index (χ1) is 12.4. The average molecular weight is 371 g/mol. The molecule has 0 saturated carbocycles. The lowest BCUT2D eigenvalue weighted by atomic mass is 9.82. The molecule has 134 valence electrons. The summed E-state index contributed by atoms with van der Waals surface area (Å²) in [6, 6.07) is 10.00. The maximum atomic E-state index is 14.7. The third-order valence-electron chi connectivity index (χ3n) is 5.05. The van der Waals surface area contributed by atoms with Gasteiger partial charge in [0, 0.05) is 28.3 Å². The maximum absolute atomic E-state index is 14.7. The molecule has 1 aliphatic carbocycles. The highest BCUT2D eigenvalue weighted by atomic mass is 35.5. The minimum atomic E-state index is -0.616. The lowest BCUT2D eigenvalue weighted by molar-refractivity contribution is -0.117. The van der Waals surface area contributed by atoms with Gasteiger partial charge in [0.1, 0.15) is 5.82 Å². The second-order valence-corrected chi connectivity index (χ2v) is 7.62. The molecule has 0 fully saturated rings. The van der Waals surface area contributed by atoms with Crippen LogP contribution in [0.4, 0.5) is 15.8 Å². The Hall–Kier alpha value is -2.33. The van der Waals surface area contributed by atoms with Crippen molar-refractivity contribution in [3.63, 3.8) is 0 Å². The van der Waals surface area contributed by atoms with Crippen molar-refractivity contribution < 1.29 is 9.18 Å². The minimum Gasteiger partial charge on any atom is -0.372 e. The number of halogens is 2. The van der Waals surface area contributed by atoms with E-state index in [4.69, 9.17) is 11.6 Å². The molecule has 26 heavy (non-hydrogen) atoms. The van der Waals surface area contributed by atoms with Crippen LogP contribution >= 0.6 is 11.6 Å². The molecule has 0 bridgehead atoms. The molecular weight excluding hydrogens is 351 g/mol. The van der Waals surface area contributed by atoms with Crippen LogP contribution in [0.5, 0.6) is 0 Å². The zero-order chi connectivity index (χ0) is 18.4. The van der Waals surface area contributed by atoms with Gasteiger partial charge >= 0.3 is 0 Å². The van der Waals surface area contributed by atoms with Crippen molar-refractivity contribution in [2.24, 2.45) is 5.92 Å². The van der Waals surface area contributed by atoms with Crippen molar-refractivity contribution in [2.45, 2.75) is 32.7 Å². The molecule has 2 unspecified atom stereocenters. The fourth-order valence-electron chi connectivity index (χ4n) is 3.86. The topological polar surface area (TPSA) is 41.1 Å². The Balaban J connectivity index is 1.94. The molecule has 1 aliphatic heterocycles. The molecule has 0 amide bonds. The van der Waals surface area contributed by atoms with Gasteiger partial charge in [0.15, 0.2) is 5.78 Å². The zero-order valence-electron chi connectivity index (χ0n) is 14.7. The molecule has 3 nitrogen and oxygen atoms in total. The van der Waals surface area contributed by atoms with Crippen LogP contribution < -0.4 is 10.6 Å². The van der Waals surface area contributed by atoms with Crippen LogP contribution in [-0.4, -0.2) is 5.78 Å². The molecule has 5 heteroatoms. The van der Waals surface area contributed by atoms with Gasteiger partial charge in [-0.2, -0.15) is 0 Å². The normalized spacial score (nSPS) is 22.1. The average Bonchev–Trinajstić information content (AvgIpc) is 2.71. The van der Waals surface area contributed by atoms with Gasteiger partial charge in [-0.05, 0) is 49.1 Å². The number of carbonyl (C=O) groups is 1. The van der Waals surface area contributed by atoms with Gasteiger partial charge in [-0.1, -0.05) is 30.7 Å². The van der Waals surface area contributed by atoms with E-state index < -0.39 is 11.9 Å². The van der Waals surface area contributed by atoms with Crippen LogP contribution in [-0.2, 0) is 4.79 Å². The predicted octanol–water partition coefficient (Wildman–Crippen LogP) is 5.62. The fourth-order valence-corrected chi connectivity index (χ4v) is 4.13. The Kier molecular flexibility index (Phi) is 4.23. The quantitative estimate of drug-likeness (QED) is 0.684. The Bertz CT molecular complexity index is 917. The highest BCUT2D eigenvalue weighted by molar-refractivity contribution is 6.31. The monoisotopic (exact) mass is 370 g/mol. The van der Waals surface area contributed by atoms with Crippen LogP contribution in [0.15, 0.2) is 47.7 Å². The molecule has 0 saturated heterocycles. The number of hydrogen-bond donors (Lipinski definition) is 2. The summed E-state index contributed by atoms with van der Waals surface area (Å²) >= 11 is 6.35. The van der Waals surface area contributed by atoms with Crippen molar-refractivity contribution in [2.75, 3.05) is 10.6 Å². The smallest absolute Gasteiger partial charge is 0.163 e. The van der Waals surface area contributed by atoms with Crippen LogP contribution in [0.25, 0.3) is 0 Å². The van der Waals surface area contributed by atoms with Crippen LogP contribution in [0.1, 0.15) is 36.9 Å². The van der Waals surface area contributed by atoms with E-state index in [0.29, 0.717) is 22.6 Å². The van der Waals surface area contributed by atoms with Gasteiger partial charge in [-0.25, -0.2) is 4.39 Å². The number of nitrogens with one attached hydrogen (secondary N) is 2. The molecule has 2 atom stereocenters. The first-order valence-corrected chi connectivity index (χ1v) is 9.16. The molecule has 0 aromatic heterocycles. The number of rotatable bonds is 1. The number of hydrogen-bond acceptors (Lipinski definition) is 3. The lowest BCUT2D eigenvalue weighted by Crippen LogP contribution is -2.27. The molecule has 0 radical (unpaired) electrons. The summed E-state index contributed by atoms with van der Waals surface area (Å²) in [5.74, 6) is -0.130. The molecule has 1 heterocycles. The third-order valence-corrected chi connectivity index (χ3v) is 5.38. The largest absolute Gasteiger partial charge is 0.372 e. The summed E-state index contributed by atoms with van der Waals surface area (Å²) in [4.78, 5) is 12.9. The van der Waals surface area contributed by atoms with E-state index in [1.165, 1.54) is 6.07 Å². The van der Waals surface area contributed by atoms with Gasteiger partial charge in [-0.15, -0.1) is 0 Å². The van der Waals surface area contributed by atoms with Gasteiger partial charge in [0.2, 0.25) is 0 Å². The molecule has 2 aromatic carbocycles. The van der Waals surface area contributed by atoms with E-state index >= 15 is 0 Å². The first-order valence-electron chi connectivity index (χ1n) is 8.78. The number of anilines is 2. The van der Waals surface area contributed by atoms with E-state index in [-0.39, 0.29) is 11.7 Å². The Labute approximate surface area is 157 Å². The van der Waals surface area contributed by atoms with Gasteiger partial charge in [0.05, 0.1) is 17.4 Å². The first kappa shape index (κ1) is 17.1. The summed E-state index contributed by atoms with van der Waals surface area (Å²) in [6.07, 6.45) is 1.21. The van der Waals surface area contributed by atoms with Crippen LogP contribution in [0.2, 0.25) is 5.02 Å². The van der Waals surface area contributed by atoms with Gasteiger partial charge in [0.25, 0.3) is 0 Å². The summed E-state index contributed by atoms with van der Waals surface area (Å²) in [6.45, 7) is 4.06. The lowest BCUT2D eigenvalue weighted by Gasteiger charge is -2.28. The second-order valence-electron chi connectivity index (χ2n) is 7.22. The van der Waals surface area contributed by atoms with E-state index in [1.807, 2.05) is 25.1 Å². The molecule has 0 spiro atoms. The number of allylic oxidation sites excluding steroid dienone is 1. The summed E-state index contributed by atoms with van der Waals surface area (Å²) in [5.41, 5.74) is 4.57. The van der Waals surface area contributed by atoms with E-state index in [0.717, 1.165) is 29.1 Å². The van der Waals surface area contributed by atoms with Crippen molar-refractivity contribution in [1.29, 1.82) is 0 Å². The van der Waals surface area contributed by atoms with Gasteiger partial charge < -0.3 is 10.6 Å². The summed E-state index contributed by atoms with van der Waals surface area (Å²) in [7, 11) is 0.